The third kappa shape index (κ3) is 7.89. The molecule has 12 rings (SSSR count). The topological polar surface area (TPSA) is 35.9 Å². The molecule has 69 heavy (non-hydrogen) atoms. The number of hydrogen-bond acceptors (Lipinski definition) is 2. The van der Waals surface area contributed by atoms with E-state index >= 15 is 0 Å². The summed E-state index contributed by atoms with van der Waals surface area (Å²) in [5.41, 5.74) is 11.1. The van der Waals surface area contributed by atoms with E-state index in [9.17, 15) is 2.74 Å². The summed E-state index contributed by atoms with van der Waals surface area (Å²) in [5, 5.41) is 2.09. The number of benzene rings is 8. The Labute approximate surface area is 428 Å². The SMILES string of the molecule is [2H]c1c([2H])c([2H])c(-c2ccc3c(c2)-[n+]2[c-]n(-c4[c-]c(Oc5[c-]c6c(cc5)c5ccccc5n6-c5cc(C(C)(C)C)ccn5)ccc4)c4cccc(c42)-c2ccccc2-c2ccc(C([2H])([2H])C(C)(C)C)cc2-3)c([2H])c1[2H].[Pt]. The summed E-state index contributed by atoms with van der Waals surface area (Å²) in [6, 6.07) is 53.0. The van der Waals surface area contributed by atoms with Crippen molar-refractivity contribution in [1.29, 1.82) is 0 Å². The van der Waals surface area contributed by atoms with Gasteiger partial charge in [-0.1, -0.05) is 168 Å². The second-order valence-corrected chi connectivity index (χ2v) is 19.4. The standard InChI is InChI=1S/C63H50N4O.Pt/c1-62(2,3)39-41-26-29-50-48-20-10-11-21-49(48)54-23-15-25-57-61(54)66(58-35-43(42-16-8-7-9-17-42)27-30-53(58)55(50)34-41)40-65(57)45-18-14-19-46(37-45)68-47-28-31-52-51-22-12-13-24-56(51)67(59(52)38-47)60-36-44(32-33-64-60)63(4,5)6;/h7-36H,39H2,1-6H3;/q-2;/i7D,8D,9D,16D,17D,39D2;. The maximum atomic E-state index is 9.41. The molecule has 4 heterocycles. The van der Waals surface area contributed by atoms with Crippen molar-refractivity contribution in [3.8, 4) is 73.2 Å². The van der Waals surface area contributed by atoms with Gasteiger partial charge in [-0.25, -0.2) is 4.98 Å². The molecule has 5 nitrogen and oxygen atoms in total. The number of hydrogen-bond donors (Lipinski definition) is 0. The normalized spacial score (nSPS) is 13.8. The molecule has 1 aliphatic rings. The summed E-state index contributed by atoms with van der Waals surface area (Å²) in [4.78, 5) is 4.85. The summed E-state index contributed by atoms with van der Waals surface area (Å²) in [6.07, 6.45) is 3.83. The maximum Gasteiger partial charge on any atom is 0.268 e. The average Bonchev–Trinajstić information content (AvgIpc) is 3.98. The molecule has 0 N–H and O–H groups in total. The van der Waals surface area contributed by atoms with Crippen molar-refractivity contribution in [2.45, 2.75) is 53.3 Å². The first-order valence-corrected chi connectivity index (χ1v) is 22.9. The summed E-state index contributed by atoms with van der Waals surface area (Å²) in [6.45, 7) is 12.3. The third-order valence-electron chi connectivity index (χ3n) is 12.7. The van der Waals surface area contributed by atoms with E-state index in [-0.39, 0.29) is 44.1 Å². The average molecular weight is 1080 g/mol. The van der Waals surface area contributed by atoms with E-state index in [0.717, 1.165) is 72.0 Å². The fourth-order valence-corrected chi connectivity index (χ4v) is 9.61. The molecule has 6 heteroatoms. The number of fused-ring (bicyclic) bond motifs is 10. The molecular weight excluding hydrogens is 1020 g/mol. The smallest absolute Gasteiger partial charge is 0.268 e. The number of aromatic nitrogens is 4. The molecule has 0 amide bonds. The summed E-state index contributed by atoms with van der Waals surface area (Å²) < 4.78 is 75.2. The van der Waals surface area contributed by atoms with E-state index in [1.54, 1.807) is 6.07 Å². The van der Waals surface area contributed by atoms with Crippen molar-refractivity contribution in [2.75, 3.05) is 0 Å². The number of pyridine rings is 1. The van der Waals surface area contributed by atoms with Crippen LogP contribution in [0.15, 0.2) is 182 Å². The van der Waals surface area contributed by atoms with Crippen molar-refractivity contribution in [3.63, 3.8) is 0 Å². The molecule has 0 radical (unpaired) electrons. The predicted molar refractivity (Wildman–Crippen MR) is 277 cm³/mol. The summed E-state index contributed by atoms with van der Waals surface area (Å²) in [5.74, 6) is 1.73. The first-order valence-electron chi connectivity index (χ1n) is 26.4. The van der Waals surface area contributed by atoms with Crippen LogP contribution in [0.5, 0.6) is 11.5 Å². The Hall–Kier alpha value is -7.33. The van der Waals surface area contributed by atoms with Crippen molar-refractivity contribution < 1.29 is 40.0 Å². The summed E-state index contributed by atoms with van der Waals surface area (Å²) in [7, 11) is 0. The Kier molecular flexibility index (Phi) is 9.04. The number of imidazole rings is 1. The molecule has 0 saturated heterocycles. The van der Waals surface area contributed by atoms with Crippen LogP contribution in [0.4, 0.5) is 0 Å². The van der Waals surface area contributed by atoms with Crippen LogP contribution in [-0.4, -0.2) is 14.1 Å². The molecule has 0 spiro atoms. The van der Waals surface area contributed by atoms with Crippen molar-refractivity contribution in [1.82, 2.24) is 14.1 Å². The van der Waals surface area contributed by atoms with Crippen LogP contribution >= 0.6 is 0 Å². The van der Waals surface area contributed by atoms with Crippen LogP contribution in [0.3, 0.4) is 0 Å². The largest absolute Gasteiger partial charge is 0.510 e. The molecule has 340 valence electrons. The van der Waals surface area contributed by atoms with Gasteiger partial charge in [-0.15, -0.1) is 29.7 Å². The second kappa shape index (κ2) is 17.0. The molecule has 0 atom stereocenters. The Morgan fingerprint density at radius 1 is 0.623 bits per heavy atom. The van der Waals surface area contributed by atoms with Crippen LogP contribution in [0, 0.1) is 23.9 Å². The fourth-order valence-electron chi connectivity index (χ4n) is 9.61. The van der Waals surface area contributed by atoms with E-state index in [0.29, 0.717) is 34.0 Å². The van der Waals surface area contributed by atoms with Gasteiger partial charge in [0.2, 0.25) is 0 Å². The van der Waals surface area contributed by atoms with Gasteiger partial charge in [-0.3, -0.25) is 4.57 Å². The van der Waals surface area contributed by atoms with Crippen LogP contribution in [0.1, 0.15) is 62.3 Å². The van der Waals surface area contributed by atoms with Gasteiger partial charge in [0.1, 0.15) is 5.82 Å². The number of para-hydroxylation sites is 2. The monoisotopic (exact) mass is 1080 g/mol. The van der Waals surface area contributed by atoms with Crippen molar-refractivity contribution in [3.05, 3.63) is 212 Å². The minimum atomic E-state index is -1.73. The number of nitrogens with zero attached hydrogens (tertiary/aromatic N) is 4. The molecule has 0 fully saturated rings. The van der Waals surface area contributed by atoms with Gasteiger partial charge in [0.25, 0.3) is 6.33 Å². The zero-order valence-electron chi connectivity index (χ0n) is 45.9. The minimum absolute atomic E-state index is 0. The van der Waals surface area contributed by atoms with Crippen LogP contribution in [0.2, 0.25) is 0 Å². The van der Waals surface area contributed by atoms with Crippen LogP contribution in [-0.2, 0) is 32.9 Å². The minimum Gasteiger partial charge on any atom is -0.510 e. The second-order valence-electron chi connectivity index (χ2n) is 19.4. The van der Waals surface area contributed by atoms with Gasteiger partial charge in [0, 0.05) is 47.0 Å². The molecule has 1 aliphatic heterocycles. The maximum absolute atomic E-state index is 9.41. The van der Waals surface area contributed by atoms with E-state index in [2.05, 4.69) is 92.3 Å². The summed E-state index contributed by atoms with van der Waals surface area (Å²) >= 11 is 0. The molecule has 0 saturated carbocycles. The Balaban J connectivity index is 0.00000616. The van der Waals surface area contributed by atoms with Crippen LogP contribution in [0.25, 0.3) is 94.5 Å². The zero-order valence-corrected chi connectivity index (χ0v) is 41.2. The van der Waals surface area contributed by atoms with Gasteiger partial charge in [-0.2, -0.15) is 18.2 Å². The van der Waals surface area contributed by atoms with Gasteiger partial charge in [0.15, 0.2) is 0 Å². The Bertz CT molecular complexity index is 4160. The van der Waals surface area contributed by atoms with E-state index in [1.165, 1.54) is 5.56 Å². The first-order chi connectivity index (χ1) is 35.8. The van der Waals surface area contributed by atoms with Gasteiger partial charge in [-0.05, 0) is 108 Å². The molecule has 0 bridgehead atoms. The molecule has 3 aromatic heterocycles. The fraction of sp³-hybridized carbons (Fsp3) is 0.143. The zero-order chi connectivity index (χ0) is 52.5. The predicted octanol–water partition coefficient (Wildman–Crippen LogP) is 15.5. The molecular formula is C63H50N4OPt-2. The quantitative estimate of drug-likeness (QED) is 0.123. The Morgan fingerprint density at radius 3 is 2.14 bits per heavy atom. The van der Waals surface area contributed by atoms with Gasteiger partial charge in [0.05, 0.1) is 23.6 Å². The molecule has 11 aromatic rings. The van der Waals surface area contributed by atoms with Gasteiger partial charge < -0.3 is 13.9 Å². The number of ether oxygens (including phenoxy) is 1. The Morgan fingerprint density at radius 2 is 1.33 bits per heavy atom. The molecule has 0 unspecified atom stereocenters. The number of rotatable bonds is 6. The van der Waals surface area contributed by atoms with Gasteiger partial charge >= 0.3 is 0 Å². The van der Waals surface area contributed by atoms with E-state index in [1.807, 2.05) is 127 Å². The van der Waals surface area contributed by atoms with E-state index in [4.69, 9.17) is 16.6 Å². The first kappa shape index (κ1) is 36.7. The third-order valence-corrected chi connectivity index (χ3v) is 12.7. The molecule has 0 aliphatic carbocycles. The molecule has 8 aromatic carbocycles. The van der Waals surface area contributed by atoms with E-state index < -0.39 is 29.9 Å². The van der Waals surface area contributed by atoms with Crippen molar-refractivity contribution >= 4 is 32.8 Å². The van der Waals surface area contributed by atoms with Crippen molar-refractivity contribution in [2.24, 2.45) is 5.41 Å². The van der Waals surface area contributed by atoms with Crippen LogP contribution < -0.4 is 9.30 Å².